The van der Waals surface area contributed by atoms with Gasteiger partial charge in [-0.3, -0.25) is 9.59 Å². The number of carboxylic acids is 2. The Labute approximate surface area is 92.2 Å². The standard InChI is InChI=1S/C5H6O5.C4H9NO/c6-3(5(9)10)1-2-4(7)8;1-4(5)2-3-6/h1-2H2,(H,7,8)(H,9,10);3-4H,2,5H2,1H3. The summed E-state index contributed by atoms with van der Waals surface area (Å²) in [6, 6.07) is 0.0301. The normalized spacial score (nSPS) is 10.6. The number of rotatable bonds is 6. The summed E-state index contributed by atoms with van der Waals surface area (Å²) < 4.78 is 0. The van der Waals surface area contributed by atoms with Gasteiger partial charge in [-0.25, -0.2) is 4.79 Å². The van der Waals surface area contributed by atoms with E-state index in [9.17, 15) is 19.2 Å². The molecule has 0 spiro atoms. The molecule has 0 aromatic heterocycles. The first kappa shape index (κ1) is 16.7. The minimum Gasteiger partial charge on any atom is -0.481 e. The number of carboxylic acid groups (broad SMARTS) is 2. The first-order valence-corrected chi connectivity index (χ1v) is 4.48. The fourth-order valence-electron chi connectivity index (χ4n) is 0.479. The van der Waals surface area contributed by atoms with Crippen molar-refractivity contribution in [3.8, 4) is 0 Å². The number of aliphatic carboxylic acids is 2. The molecule has 92 valence electrons. The second kappa shape index (κ2) is 9.78. The summed E-state index contributed by atoms with van der Waals surface area (Å²) in [5.41, 5.74) is 5.17. The second-order valence-corrected chi connectivity index (χ2v) is 3.00. The lowest BCUT2D eigenvalue weighted by molar-refractivity contribution is -0.149. The van der Waals surface area contributed by atoms with Crippen molar-refractivity contribution in [2.24, 2.45) is 5.73 Å². The molecule has 0 aliphatic rings. The van der Waals surface area contributed by atoms with Gasteiger partial charge >= 0.3 is 11.9 Å². The highest BCUT2D eigenvalue weighted by atomic mass is 16.4. The van der Waals surface area contributed by atoms with Crippen LogP contribution in [0.4, 0.5) is 0 Å². The van der Waals surface area contributed by atoms with E-state index in [1.807, 2.05) is 0 Å². The Morgan fingerprint density at radius 1 is 1.25 bits per heavy atom. The zero-order valence-electron chi connectivity index (χ0n) is 8.88. The fraction of sp³-hybridized carbons (Fsp3) is 0.556. The first-order chi connectivity index (χ1) is 7.31. The monoisotopic (exact) mass is 233 g/mol. The number of ketones is 1. The van der Waals surface area contributed by atoms with Gasteiger partial charge in [0.2, 0.25) is 5.78 Å². The molecule has 0 heterocycles. The van der Waals surface area contributed by atoms with Crippen molar-refractivity contribution < 1.29 is 29.4 Å². The maximum Gasteiger partial charge on any atom is 0.372 e. The van der Waals surface area contributed by atoms with Crippen LogP contribution in [0.15, 0.2) is 0 Å². The number of carbonyl (C=O) groups excluding carboxylic acids is 2. The highest BCUT2D eigenvalue weighted by Gasteiger charge is 2.12. The molecule has 0 aliphatic carbocycles. The van der Waals surface area contributed by atoms with Crippen LogP contribution in [0.25, 0.3) is 0 Å². The van der Waals surface area contributed by atoms with Gasteiger partial charge < -0.3 is 20.7 Å². The van der Waals surface area contributed by atoms with E-state index in [1.54, 1.807) is 6.92 Å². The van der Waals surface area contributed by atoms with Crippen LogP contribution in [0, 0.1) is 0 Å². The van der Waals surface area contributed by atoms with Crippen LogP contribution >= 0.6 is 0 Å². The van der Waals surface area contributed by atoms with Gasteiger partial charge in [-0.15, -0.1) is 0 Å². The van der Waals surface area contributed by atoms with Gasteiger partial charge in [0.25, 0.3) is 0 Å². The van der Waals surface area contributed by atoms with Crippen LogP contribution in [-0.2, 0) is 19.2 Å². The molecular weight excluding hydrogens is 218 g/mol. The van der Waals surface area contributed by atoms with E-state index in [0.29, 0.717) is 6.42 Å². The molecule has 7 heteroatoms. The van der Waals surface area contributed by atoms with Gasteiger partial charge in [-0.05, 0) is 6.92 Å². The third-order valence-corrected chi connectivity index (χ3v) is 1.27. The van der Waals surface area contributed by atoms with Crippen molar-refractivity contribution in [3.63, 3.8) is 0 Å². The molecule has 0 bridgehead atoms. The van der Waals surface area contributed by atoms with Crippen molar-refractivity contribution in [3.05, 3.63) is 0 Å². The lowest BCUT2D eigenvalue weighted by Crippen LogP contribution is -2.14. The average Bonchev–Trinajstić information content (AvgIpc) is 2.14. The molecule has 0 fully saturated rings. The number of hydrogen-bond donors (Lipinski definition) is 3. The van der Waals surface area contributed by atoms with Crippen LogP contribution in [0.3, 0.4) is 0 Å². The second-order valence-electron chi connectivity index (χ2n) is 3.00. The molecule has 7 nitrogen and oxygen atoms in total. The quantitative estimate of drug-likeness (QED) is 0.412. The van der Waals surface area contributed by atoms with Crippen molar-refractivity contribution >= 4 is 24.0 Å². The lowest BCUT2D eigenvalue weighted by atomic mass is 10.2. The van der Waals surface area contributed by atoms with Gasteiger partial charge in [-0.2, -0.15) is 0 Å². The Kier molecular flexibility index (Phi) is 10.2. The summed E-state index contributed by atoms with van der Waals surface area (Å²) in [5, 5.41) is 16.0. The zero-order valence-corrected chi connectivity index (χ0v) is 8.88. The van der Waals surface area contributed by atoms with Crippen LogP contribution in [0.1, 0.15) is 26.2 Å². The molecule has 0 radical (unpaired) electrons. The van der Waals surface area contributed by atoms with E-state index in [4.69, 9.17) is 15.9 Å². The summed E-state index contributed by atoms with van der Waals surface area (Å²) in [5.74, 6) is -3.82. The topological polar surface area (TPSA) is 135 Å². The number of carbonyl (C=O) groups is 4. The van der Waals surface area contributed by atoms with E-state index in [0.717, 1.165) is 6.29 Å². The lowest BCUT2D eigenvalue weighted by Gasteiger charge is -1.91. The molecule has 16 heavy (non-hydrogen) atoms. The van der Waals surface area contributed by atoms with Gasteiger partial charge in [0.15, 0.2) is 0 Å². The van der Waals surface area contributed by atoms with Gasteiger partial charge in [0.1, 0.15) is 6.29 Å². The van der Waals surface area contributed by atoms with Crippen LogP contribution in [0.2, 0.25) is 0 Å². The number of nitrogens with two attached hydrogens (primary N) is 1. The molecule has 0 aliphatic heterocycles. The number of Topliss-reactive ketones (excluding diaryl/α,β-unsaturated/α-hetero) is 1. The molecule has 1 atom stereocenters. The van der Waals surface area contributed by atoms with Crippen molar-refractivity contribution in [1.29, 1.82) is 0 Å². The summed E-state index contributed by atoms with van der Waals surface area (Å²) in [6.45, 7) is 1.80. The maximum absolute atomic E-state index is 10.2. The van der Waals surface area contributed by atoms with Crippen molar-refractivity contribution in [2.45, 2.75) is 32.2 Å². The SMILES string of the molecule is CC(N)CC=O.O=C(O)CCC(=O)C(=O)O. The Balaban J connectivity index is 0. The molecule has 0 rings (SSSR count). The maximum atomic E-state index is 10.2. The Bertz CT molecular complexity index is 261. The van der Waals surface area contributed by atoms with Crippen LogP contribution in [0.5, 0.6) is 0 Å². The highest BCUT2D eigenvalue weighted by molar-refractivity contribution is 6.32. The molecule has 0 amide bonds. The zero-order chi connectivity index (χ0) is 13.1. The van der Waals surface area contributed by atoms with Gasteiger partial charge in [-0.1, -0.05) is 0 Å². The summed E-state index contributed by atoms with van der Waals surface area (Å²) in [4.78, 5) is 39.3. The Morgan fingerprint density at radius 2 is 1.75 bits per heavy atom. The molecule has 0 saturated heterocycles. The predicted octanol–water partition coefficient (Wildman–Crippen LogP) is -0.573. The Hall–Kier alpha value is -1.76. The predicted molar refractivity (Wildman–Crippen MR) is 53.8 cm³/mol. The van der Waals surface area contributed by atoms with E-state index < -0.39 is 30.6 Å². The molecule has 1 unspecified atom stereocenters. The summed E-state index contributed by atoms with van der Waals surface area (Å²) >= 11 is 0. The van der Waals surface area contributed by atoms with Gasteiger partial charge in [0.05, 0.1) is 6.42 Å². The van der Waals surface area contributed by atoms with E-state index in [1.165, 1.54) is 0 Å². The van der Waals surface area contributed by atoms with E-state index >= 15 is 0 Å². The van der Waals surface area contributed by atoms with Crippen LogP contribution < -0.4 is 5.73 Å². The first-order valence-electron chi connectivity index (χ1n) is 4.48. The third-order valence-electron chi connectivity index (χ3n) is 1.27. The molecule has 0 aromatic rings. The number of aldehydes is 1. The fourth-order valence-corrected chi connectivity index (χ4v) is 0.479. The minimum absolute atomic E-state index is 0.0301. The average molecular weight is 233 g/mol. The molecular formula is C9H15NO6. The van der Waals surface area contributed by atoms with Crippen LogP contribution in [-0.4, -0.2) is 40.3 Å². The van der Waals surface area contributed by atoms with Gasteiger partial charge in [0, 0.05) is 18.9 Å². The number of hydrogen-bond acceptors (Lipinski definition) is 5. The molecule has 0 saturated carbocycles. The molecule has 0 aromatic carbocycles. The Morgan fingerprint density at radius 3 is 1.94 bits per heavy atom. The third kappa shape index (κ3) is 14.7. The van der Waals surface area contributed by atoms with E-state index in [2.05, 4.69) is 0 Å². The summed E-state index contributed by atoms with van der Waals surface area (Å²) in [6.07, 6.45) is 0.431. The minimum atomic E-state index is -1.58. The molecule has 4 N–H and O–H groups in total. The van der Waals surface area contributed by atoms with Crippen molar-refractivity contribution in [1.82, 2.24) is 0 Å². The summed E-state index contributed by atoms with van der Waals surface area (Å²) in [7, 11) is 0. The van der Waals surface area contributed by atoms with E-state index in [-0.39, 0.29) is 6.04 Å². The largest absolute Gasteiger partial charge is 0.481 e. The van der Waals surface area contributed by atoms with Crippen molar-refractivity contribution in [2.75, 3.05) is 0 Å². The highest BCUT2D eigenvalue weighted by Crippen LogP contribution is 1.89. The smallest absolute Gasteiger partial charge is 0.372 e.